The summed E-state index contributed by atoms with van der Waals surface area (Å²) >= 11 is 0. The van der Waals surface area contributed by atoms with Gasteiger partial charge in [-0.15, -0.1) is 5.10 Å². The van der Waals surface area contributed by atoms with Crippen LogP contribution in [0.15, 0.2) is 30.5 Å². The normalized spacial score (nSPS) is 20.5. The highest BCUT2D eigenvalue weighted by molar-refractivity contribution is 5.84. The summed E-state index contributed by atoms with van der Waals surface area (Å²) in [6.45, 7) is 4.07. The smallest absolute Gasteiger partial charge is 0.358 e. The first-order chi connectivity index (χ1) is 13.1. The summed E-state index contributed by atoms with van der Waals surface area (Å²) in [5.41, 5.74) is 2.23. The quantitative estimate of drug-likeness (QED) is 0.852. The predicted octanol–water partition coefficient (Wildman–Crippen LogP) is 1.22. The molecule has 2 saturated heterocycles. The second-order valence-corrected chi connectivity index (χ2v) is 7.29. The van der Waals surface area contributed by atoms with Gasteiger partial charge in [0.1, 0.15) is 0 Å². The molecule has 2 aromatic rings. The average Bonchev–Trinajstić information content (AvgIpc) is 3.12. The van der Waals surface area contributed by atoms with E-state index in [0.29, 0.717) is 24.9 Å². The van der Waals surface area contributed by atoms with Crippen LogP contribution in [0.5, 0.6) is 0 Å². The molecule has 1 aromatic carbocycles. The molecule has 3 heterocycles. The number of benzene rings is 1. The van der Waals surface area contributed by atoms with Gasteiger partial charge < -0.3 is 10.0 Å². The van der Waals surface area contributed by atoms with Crippen LogP contribution in [-0.4, -0.2) is 67.5 Å². The molecular weight excluding hydrogens is 346 g/mol. The lowest BCUT2D eigenvalue weighted by Gasteiger charge is -2.44. The second kappa shape index (κ2) is 7.48. The van der Waals surface area contributed by atoms with E-state index in [1.165, 1.54) is 16.4 Å². The summed E-state index contributed by atoms with van der Waals surface area (Å²) in [7, 11) is 0. The van der Waals surface area contributed by atoms with Gasteiger partial charge in [-0.3, -0.25) is 9.69 Å². The first kappa shape index (κ1) is 17.7. The molecule has 142 valence electrons. The van der Waals surface area contributed by atoms with E-state index in [-0.39, 0.29) is 5.69 Å². The SMILES string of the molecule is O=C(O)c1cn(Cc2ccc(CN3CCN4C(=O)CCCC4C3)cc2)nn1. The van der Waals surface area contributed by atoms with Crippen LogP contribution < -0.4 is 0 Å². The molecule has 0 aliphatic carbocycles. The number of carbonyl (C=O) groups excluding carboxylic acids is 1. The third-order valence-electron chi connectivity index (χ3n) is 5.35. The van der Waals surface area contributed by atoms with Crippen molar-refractivity contribution < 1.29 is 14.7 Å². The maximum atomic E-state index is 12.0. The van der Waals surface area contributed by atoms with Gasteiger partial charge in [0, 0.05) is 38.6 Å². The standard InChI is InChI=1S/C19H23N5O3/c25-18-3-1-2-16-12-22(8-9-24(16)18)10-14-4-6-15(7-5-14)11-23-13-17(19(26)27)20-21-23/h4-7,13,16H,1-3,8-12H2,(H,26,27). The number of fused-ring (bicyclic) bond motifs is 1. The number of nitrogens with zero attached hydrogens (tertiary/aromatic N) is 5. The van der Waals surface area contributed by atoms with Crippen molar-refractivity contribution in [2.45, 2.75) is 38.4 Å². The van der Waals surface area contributed by atoms with E-state index in [2.05, 4.69) is 32.2 Å². The molecule has 8 nitrogen and oxygen atoms in total. The van der Waals surface area contributed by atoms with Crippen LogP contribution in [0.4, 0.5) is 0 Å². The summed E-state index contributed by atoms with van der Waals surface area (Å²) in [6.07, 6.45) is 4.25. The second-order valence-electron chi connectivity index (χ2n) is 7.29. The maximum absolute atomic E-state index is 12.0. The van der Waals surface area contributed by atoms with Gasteiger partial charge in [-0.1, -0.05) is 29.5 Å². The van der Waals surface area contributed by atoms with E-state index >= 15 is 0 Å². The molecule has 1 unspecified atom stereocenters. The van der Waals surface area contributed by atoms with Gasteiger partial charge in [0.2, 0.25) is 5.91 Å². The summed E-state index contributed by atoms with van der Waals surface area (Å²) in [6, 6.07) is 8.65. The molecule has 2 fully saturated rings. The Morgan fingerprint density at radius 3 is 2.59 bits per heavy atom. The Morgan fingerprint density at radius 1 is 1.15 bits per heavy atom. The van der Waals surface area contributed by atoms with Crippen molar-refractivity contribution >= 4 is 11.9 Å². The van der Waals surface area contributed by atoms with Crippen LogP contribution in [0.25, 0.3) is 0 Å². The number of piperidine rings is 1. The van der Waals surface area contributed by atoms with E-state index in [1.807, 2.05) is 12.1 Å². The molecule has 27 heavy (non-hydrogen) atoms. The van der Waals surface area contributed by atoms with Crippen molar-refractivity contribution in [1.29, 1.82) is 0 Å². The fraction of sp³-hybridized carbons (Fsp3) is 0.474. The highest BCUT2D eigenvalue weighted by Gasteiger charge is 2.32. The number of carboxylic acid groups (broad SMARTS) is 1. The van der Waals surface area contributed by atoms with Crippen LogP contribution >= 0.6 is 0 Å². The summed E-state index contributed by atoms with van der Waals surface area (Å²) in [5, 5.41) is 16.4. The summed E-state index contributed by atoms with van der Waals surface area (Å²) < 4.78 is 1.53. The van der Waals surface area contributed by atoms with Gasteiger partial charge >= 0.3 is 5.97 Å². The molecule has 2 aliphatic heterocycles. The van der Waals surface area contributed by atoms with Crippen molar-refractivity contribution in [1.82, 2.24) is 24.8 Å². The van der Waals surface area contributed by atoms with E-state index in [0.717, 1.165) is 44.6 Å². The van der Waals surface area contributed by atoms with Gasteiger partial charge in [-0.05, 0) is 24.0 Å². The molecule has 0 radical (unpaired) electrons. The highest BCUT2D eigenvalue weighted by atomic mass is 16.4. The lowest BCUT2D eigenvalue weighted by atomic mass is 9.98. The molecule has 8 heteroatoms. The molecule has 2 aliphatic rings. The number of carboxylic acids is 1. The molecule has 0 spiro atoms. The van der Waals surface area contributed by atoms with Gasteiger partial charge in [0.25, 0.3) is 0 Å². The number of hydrogen-bond donors (Lipinski definition) is 1. The minimum absolute atomic E-state index is 0.0491. The van der Waals surface area contributed by atoms with Gasteiger partial charge in [0.15, 0.2) is 5.69 Å². The topological polar surface area (TPSA) is 91.6 Å². The van der Waals surface area contributed by atoms with Crippen molar-refractivity contribution in [3.05, 3.63) is 47.3 Å². The highest BCUT2D eigenvalue weighted by Crippen LogP contribution is 2.23. The third-order valence-corrected chi connectivity index (χ3v) is 5.35. The first-order valence-electron chi connectivity index (χ1n) is 9.31. The third kappa shape index (κ3) is 4.00. The number of carbonyl (C=O) groups is 2. The Balaban J connectivity index is 1.34. The predicted molar refractivity (Wildman–Crippen MR) is 97.2 cm³/mol. The van der Waals surface area contributed by atoms with Crippen molar-refractivity contribution in [2.24, 2.45) is 0 Å². The zero-order valence-electron chi connectivity index (χ0n) is 15.1. The Kier molecular flexibility index (Phi) is 4.89. The maximum Gasteiger partial charge on any atom is 0.358 e. The van der Waals surface area contributed by atoms with E-state index in [9.17, 15) is 9.59 Å². The Bertz CT molecular complexity index is 832. The summed E-state index contributed by atoms with van der Waals surface area (Å²) in [5.74, 6) is -0.759. The van der Waals surface area contributed by atoms with E-state index < -0.39 is 5.97 Å². The lowest BCUT2D eigenvalue weighted by molar-refractivity contribution is -0.139. The fourth-order valence-electron chi connectivity index (χ4n) is 3.94. The Labute approximate surface area is 157 Å². The number of aromatic carboxylic acids is 1. The molecular formula is C19H23N5O3. The molecule has 0 saturated carbocycles. The van der Waals surface area contributed by atoms with Crippen LogP contribution in [0.3, 0.4) is 0 Å². The minimum Gasteiger partial charge on any atom is -0.476 e. The Morgan fingerprint density at radius 2 is 1.89 bits per heavy atom. The van der Waals surface area contributed by atoms with Crippen LogP contribution in [-0.2, 0) is 17.9 Å². The number of hydrogen-bond acceptors (Lipinski definition) is 5. The van der Waals surface area contributed by atoms with Crippen LogP contribution in [0.2, 0.25) is 0 Å². The molecule has 1 atom stereocenters. The largest absolute Gasteiger partial charge is 0.476 e. The van der Waals surface area contributed by atoms with Gasteiger partial charge in [-0.25, -0.2) is 9.48 Å². The van der Waals surface area contributed by atoms with Crippen LogP contribution in [0.1, 0.15) is 40.9 Å². The van der Waals surface area contributed by atoms with Gasteiger partial charge in [0.05, 0.1) is 12.7 Å². The number of piperazine rings is 1. The fourth-order valence-corrected chi connectivity index (χ4v) is 3.94. The minimum atomic E-state index is -1.07. The van der Waals surface area contributed by atoms with Crippen molar-refractivity contribution in [3.63, 3.8) is 0 Å². The van der Waals surface area contributed by atoms with Crippen LogP contribution in [0, 0.1) is 0 Å². The zero-order valence-corrected chi connectivity index (χ0v) is 15.1. The number of amides is 1. The first-order valence-corrected chi connectivity index (χ1v) is 9.31. The van der Waals surface area contributed by atoms with Crippen molar-refractivity contribution in [2.75, 3.05) is 19.6 Å². The number of rotatable bonds is 5. The lowest BCUT2D eigenvalue weighted by Crippen LogP contribution is -2.56. The zero-order chi connectivity index (χ0) is 18.8. The average molecular weight is 369 g/mol. The Hall–Kier alpha value is -2.74. The molecule has 1 amide bonds. The van der Waals surface area contributed by atoms with Gasteiger partial charge in [-0.2, -0.15) is 0 Å². The monoisotopic (exact) mass is 369 g/mol. The number of aromatic nitrogens is 3. The summed E-state index contributed by atoms with van der Waals surface area (Å²) in [4.78, 5) is 27.3. The molecule has 1 aromatic heterocycles. The molecule has 4 rings (SSSR count). The van der Waals surface area contributed by atoms with Crippen molar-refractivity contribution in [3.8, 4) is 0 Å². The molecule has 0 bridgehead atoms. The van der Waals surface area contributed by atoms with E-state index in [1.54, 1.807) is 0 Å². The molecule has 1 N–H and O–H groups in total. The van der Waals surface area contributed by atoms with E-state index in [4.69, 9.17) is 5.11 Å².